The Morgan fingerprint density at radius 3 is 1.17 bits per heavy atom. The zero-order valence-corrected chi connectivity index (χ0v) is 43.6. The highest BCUT2D eigenvalue weighted by Gasteiger charge is 2.52. The minimum Gasteiger partial charge on any atom is -0.310 e. The van der Waals surface area contributed by atoms with E-state index in [0.717, 1.165) is 45.3 Å². The Labute approximate surface area is 457 Å². The van der Waals surface area contributed by atoms with Crippen LogP contribution in [-0.2, 0) is 10.8 Å². The molecule has 0 aliphatic heterocycles. The highest BCUT2D eigenvalue weighted by Crippen LogP contribution is 2.65. The maximum Gasteiger partial charge on any atom is 0.0726 e. The van der Waals surface area contributed by atoms with Gasteiger partial charge in [0.1, 0.15) is 0 Å². The summed E-state index contributed by atoms with van der Waals surface area (Å²) >= 11 is 0. The molecule has 2 heteroatoms. The van der Waals surface area contributed by atoms with Crippen LogP contribution < -0.4 is 9.80 Å². The average molecular weight is 995 g/mol. The van der Waals surface area contributed by atoms with Gasteiger partial charge in [-0.1, -0.05) is 238 Å². The second-order valence-corrected chi connectivity index (χ2v) is 21.6. The molecule has 0 saturated heterocycles. The van der Waals surface area contributed by atoms with Crippen molar-refractivity contribution in [2.24, 2.45) is 0 Å². The number of hydrogen-bond acceptors (Lipinski definition) is 2. The van der Waals surface area contributed by atoms with Crippen LogP contribution in [0, 0.1) is 0 Å². The van der Waals surface area contributed by atoms with E-state index in [0.29, 0.717) is 0 Å². The normalized spacial score (nSPS) is 13.5. The van der Waals surface area contributed by atoms with E-state index < -0.39 is 5.41 Å². The van der Waals surface area contributed by atoms with Gasteiger partial charge in [-0.05, 0) is 161 Å². The summed E-state index contributed by atoms with van der Waals surface area (Å²) in [4.78, 5) is 4.89. The molecule has 2 nitrogen and oxygen atoms in total. The van der Waals surface area contributed by atoms with Crippen molar-refractivity contribution in [3.8, 4) is 66.8 Å². The molecule has 0 atom stereocenters. The lowest BCUT2D eigenvalue weighted by molar-refractivity contribution is 0.660. The highest BCUT2D eigenvalue weighted by atomic mass is 15.1. The maximum atomic E-state index is 2.53. The van der Waals surface area contributed by atoms with Crippen LogP contribution in [0.3, 0.4) is 0 Å². The van der Waals surface area contributed by atoms with Crippen LogP contribution in [0.4, 0.5) is 34.1 Å². The van der Waals surface area contributed by atoms with Crippen LogP contribution >= 0.6 is 0 Å². The number of fused-ring (bicyclic) bond motifs is 13. The molecule has 12 aromatic rings. The molecule has 0 bridgehead atoms. The number of hydrogen-bond donors (Lipinski definition) is 0. The van der Waals surface area contributed by atoms with Crippen LogP contribution in [0.25, 0.3) is 66.8 Å². The van der Waals surface area contributed by atoms with E-state index in [-0.39, 0.29) is 5.41 Å². The van der Waals surface area contributed by atoms with Crippen LogP contribution in [0.5, 0.6) is 0 Å². The monoisotopic (exact) mass is 994 g/mol. The summed E-state index contributed by atoms with van der Waals surface area (Å²) in [5.41, 5.74) is 29.0. The lowest BCUT2D eigenvalue weighted by Crippen LogP contribution is -2.26. The van der Waals surface area contributed by atoms with Gasteiger partial charge in [0.2, 0.25) is 0 Å². The molecule has 78 heavy (non-hydrogen) atoms. The molecule has 15 rings (SSSR count). The third-order valence-electron chi connectivity index (χ3n) is 17.1. The molecule has 0 unspecified atom stereocenters. The standard InChI is InChI=1S/C76H54N2/c1-75(2)67-29-13-9-25-62(67)65-48-47-61(50-72(65)75)78(73-34-18-33-71-74(73)66-28-12-16-32-70(66)76(71)68-30-14-10-26-63(68)64-27-11-15-31-69(64)76)59-45-39-55(40-46-59)54-37-43-58(44-38-54)77(57-41-35-53(36-42-57)51-19-5-3-6-20-51)60-24-17-23-56(49-60)52-21-7-4-8-22-52/h3-50H,1-2H3. The summed E-state index contributed by atoms with van der Waals surface area (Å²) in [6.07, 6.45) is 0. The summed E-state index contributed by atoms with van der Waals surface area (Å²) in [5.74, 6) is 0. The topological polar surface area (TPSA) is 6.48 Å². The van der Waals surface area contributed by atoms with E-state index in [4.69, 9.17) is 0 Å². The molecule has 0 radical (unpaired) electrons. The minimum atomic E-state index is -0.454. The molecule has 0 N–H and O–H groups in total. The third-order valence-corrected chi connectivity index (χ3v) is 17.1. The van der Waals surface area contributed by atoms with Gasteiger partial charge in [0.15, 0.2) is 0 Å². The molecule has 0 amide bonds. The Morgan fingerprint density at radius 1 is 0.231 bits per heavy atom. The summed E-state index contributed by atoms with van der Waals surface area (Å²) in [6.45, 7) is 4.76. The second kappa shape index (κ2) is 17.9. The van der Waals surface area contributed by atoms with Crippen molar-refractivity contribution < 1.29 is 0 Å². The fraction of sp³-hybridized carbons (Fsp3) is 0.0526. The van der Waals surface area contributed by atoms with Gasteiger partial charge in [-0.15, -0.1) is 0 Å². The first-order valence-electron chi connectivity index (χ1n) is 27.2. The van der Waals surface area contributed by atoms with Crippen LogP contribution in [0.1, 0.15) is 47.2 Å². The number of nitrogens with zero attached hydrogens (tertiary/aromatic N) is 2. The van der Waals surface area contributed by atoms with Crippen molar-refractivity contribution in [2.45, 2.75) is 24.7 Å². The predicted octanol–water partition coefficient (Wildman–Crippen LogP) is 20.3. The summed E-state index contributed by atoms with van der Waals surface area (Å²) in [5, 5.41) is 0. The van der Waals surface area contributed by atoms with Gasteiger partial charge in [-0.2, -0.15) is 0 Å². The first-order chi connectivity index (χ1) is 38.4. The van der Waals surface area contributed by atoms with E-state index in [1.807, 2.05) is 0 Å². The van der Waals surface area contributed by atoms with Gasteiger partial charge >= 0.3 is 0 Å². The van der Waals surface area contributed by atoms with Gasteiger partial charge in [-0.3, -0.25) is 0 Å². The SMILES string of the molecule is CC1(C)c2ccccc2-c2ccc(N(c3ccc(-c4ccc(N(c5ccc(-c6ccccc6)cc5)c5cccc(-c6ccccc6)c5)cc4)cc3)c3cccc4c3-c3ccccc3C43c4ccccc4-c4ccccc43)cc21. The number of rotatable bonds is 9. The smallest absolute Gasteiger partial charge is 0.0726 e. The molecule has 3 aliphatic rings. The second-order valence-electron chi connectivity index (χ2n) is 21.6. The largest absolute Gasteiger partial charge is 0.310 e. The lowest BCUT2D eigenvalue weighted by Gasteiger charge is -2.32. The Kier molecular flexibility index (Phi) is 10.5. The molecule has 0 aromatic heterocycles. The highest BCUT2D eigenvalue weighted by molar-refractivity contribution is 6.01. The number of benzene rings is 12. The fourth-order valence-electron chi connectivity index (χ4n) is 13.5. The summed E-state index contributed by atoms with van der Waals surface area (Å²) in [7, 11) is 0. The number of anilines is 6. The van der Waals surface area contributed by atoms with Gasteiger partial charge in [0.25, 0.3) is 0 Å². The van der Waals surface area contributed by atoms with Gasteiger partial charge in [0.05, 0.1) is 11.1 Å². The average Bonchev–Trinajstić information content (AvgIpc) is 3.60. The quantitative estimate of drug-likeness (QED) is 0.142. The first kappa shape index (κ1) is 45.6. The first-order valence-corrected chi connectivity index (χ1v) is 27.2. The van der Waals surface area contributed by atoms with Crippen molar-refractivity contribution in [2.75, 3.05) is 9.80 Å². The minimum absolute atomic E-state index is 0.165. The molecule has 0 saturated carbocycles. The Bertz CT molecular complexity index is 4220. The van der Waals surface area contributed by atoms with Crippen molar-refractivity contribution in [1.29, 1.82) is 0 Å². The van der Waals surface area contributed by atoms with Gasteiger partial charge < -0.3 is 9.80 Å². The molecular formula is C76H54N2. The van der Waals surface area contributed by atoms with E-state index in [2.05, 4.69) is 315 Å². The van der Waals surface area contributed by atoms with E-state index in [1.54, 1.807) is 0 Å². The lowest BCUT2D eigenvalue weighted by atomic mass is 9.70. The fourth-order valence-corrected chi connectivity index (χ4v) is 13.5. The van der Waals surface area contributed by atoms with Crippen molar-refractivity contribution in [1.82, 2.24) is 0 Å². The van der Waals surface area contributed by atoms with Crippen LogP contribution in [0.2, 0.25) is 0 Å². The Balaban J connectivity index is 0.850. The van der Waals surface area contributed by atoms with Crippen molar-refractivity contribution in [3.63, 3.8) is 0 Å². The van der Waals surface area contributed by atoms with E-state index in [9.17, 15) is 0 Å². The zero-order chi connectivity index (χ0) is 52.0. The molecule has 0 heterocycles. The van der Waals surface area contributed by atoms with Gasteiger partial charge in [0, 0.05) is 39.4 Å². The summed E-state index contributed by atoms with van der Waals surface area (Å²) < 4.78 is 0. The van der Waals surface area contributed by atoms with E-state index >= 15 is 0 Å². The summed E-state index contributed by atoms with van der Waals surface area (Å²) in [6, 6.07) is 108. The molecule has 1 spiro atoms. The maximum absolute atomic E-state index is 2.53. The molecule has 368 valence electrons. The van der Waals surface area contributed by atoms with Gasteiger partial charge in [-0.25, -0.2) is 0 Å². The van der Waals surface area contributed by atoms with Crippen LogP contribution in [0.15, 0.2) is 291 Å². The zero-order valence-electron chi connectivity index (χ0n) is 43.6. The Morgan fingerprint density at radius 2 is 0.603 bits per heavy atom. The van der Waals surface area contributed by atoms with Crippen LogP contribution in [-0.4, -0.2) is 0 Å². The van der Waals surface area contributed by atoms with Crippen molar-refractivity contribution >= 4 is 34.1 Å². The predicted molar refractivity (Wildman–Crippen MR) is 326 cm³/mol. The van der Waals surface area contributed by atoms with Crippen molar-refractivity contribution in [3.05, 3.63) is 325 Å². The molecule has 3 aliphatic carbocycles. The molecule has 12 aromatic carbocycles. The third kappa shape index (κ3) is 6.96. The molecular weight excluding hydrogens is 941 g/mol. The molecule has 0 fully saturated rings. The Hall–Kier alpha value is -9.76. The van der Waals surface area contributed by atoms with E-state index in [1.165, 1.54) is 89.0 Å².